The van der Waals surface area contributed by atoms with Gasteiger partial charge in [-0.05, 0) is 29.8 Å². The van der Waals surface area contributed by atoms with Crippen LogP contribution in [-0.4, -0.2) is 31.5 Å². The first-order chi connectivity index (χ1) is 13.5. The summed E-state index contributed by atoms with van der Waals surface area (Å²) in [5, 5.41) is 1.71. The highest BCUT2D eigenvalue weighted by Gasteiger charge is 2.42. The largest absolute Gasteiger partial charge is 0.480 e. The Kier molecular flexibility index (Phi) is 6.93. The number of nitrogens with one attached hydrogen (secondary N) is 1. The van der Waals surface area contributed by atoms with Gasteiger partial charge in [0.25, 0.3) is 5.91 Å². The highest BCUT2D eigenvalue weighted by atomic mass is 19.4. The molecule has 0 bridgehead atoms. The van der Waals surface area contributed by atoms with Gasteiger partial charge >= 0.3 is 12.4 Å². The van der Waals surface area contributed by atoms with Crippen molar-refractivity contribution < 1.29 is 45.0 Å². The summed E-state index contributed by atoms with van der Waals surface area (Å²) in [6.07, 6.45) is -9.49. The van der Waals surface area contributed by atoms with Gasteiger partial charge in [0.15, 0.2) is 30.8 Å². The van der Waals surface area contributed by atoms with Gasteiger partial charge in [-0.15, -0.1) is 0 Å². The molecule has 0 aliphatic rings. The molecule has 11 heteroatoms. The van der Waals surface area contributed by atoms with E-state index in [1.165, 1.54) is 18.2 Å². The number of carbonyl (C=O) groups is 1. The molecule has 1 N–H and O–H groups in total. The van der Waals surface area contributed by atoms with Crippen molar-refractivity contribution in [3.05, 3.63) is 59.9 Å². The molecule has 1 unspecified atom stereocenters. The average molecular weight is 425 g/mol. The summed E-state index contributed by atoms with van der Waals surface area (Å²) < 4.78 is 99.0. The van der Waals surface area contributed by atoms with Crippen LogP contribution in [-0.2, 0) is 4.79 Å². The molecule has 2 rings (SSSR count). The Morgan fingerprint density at radius 3 is 1.97 bits per heavy atom. The van der Waals surface area contributed by atoms with Gasteiger partial charge in [-0.25, -0.2) is 4.39 Å². The molecule has 4 nitrogen and oxygen atoms in total. The van der Waals surface area contributed by atoms with Gasteiger partial charge in [-0.3, -0.25) is 4.79 Å². The lowest BCUT2D eigenvalue weighted by atomic mass is 10.1. The molecule has 1 atom stereocenters. The number of para-hydroxylation sites is 2. The Labute approximate surface area is 160 Å². The second-order valence-electron chi connectivity index (χ2n) is 5.73. The Morgan fingerprint density at radius 1 is 0.897 bits per heavy atom. The lowest BCUT2D eigenvalue weighted by Gasteiger charge is -2.22. The van der Waals surface area contributed by atoms with E-state index in [1.54, 1.807) is 5.32 Å². The quantitative estimate of drug-likeness (QED) is 0.662. The first kappa shape index (κ1) is 22.3. The van der Waals surface area contributed by atoms with Gasteiger partial charge in [-0.2, -0.15) is 26.3 Å². The fourth-order valence-electron chi connectivity index (χ4n) is 2.20. The maximum absolute atomic E-state index is 13.2. The molecule has 0 fully saturated rings. The number of hydrogen-bond acceptors (Lipinski definition) is 3. The van der Waals surface area contributed by atoms with Gasteiger partial charge in [-0.1, -0.05) is 24.3 Å². The summed E-state index contributed by atoms with van der Waals surface area (Å²) in [5.74, 6) is -2.53. The van der Waals surface area contributed by atoms with E-state index in [-0.39, 0.29) is 11.5 Å². The first-order valence-electron chi connectivity index (χ1n) is 7.98. The average Bonchev–Trinajstić information content (AvgIpc) is 2.63. The molecule has 2 aromatic carbocycles. The topological polar surface area (TPSA) is 47.6 Å². The summed E-state index contributed by atoms with van der Waals surface area (Å²) in [5.41, 5.74) is -0.402. The third-order valence-electron chi connectivity index (χ3n) is 3.44. The molecule has 0 saturated carbocycles. The fraction of sp³-hybridized carbons (Fsp3) is 0.278. The Morgan fingerprint density at radius 2 is 1.45 bits per heavy atom. The van der Waals surface area contributed by atoms with Crippen molar-refractivity contribution in [1.29, 1.82) is 0 Å². The number of amides is 1. The van der Waals surface area contributed by atoms with Crippen LogP contribution in [0.2, 0.25) is 0 Å². The van der Waals surface area contributed by atoms with Crippen molar-refractivity contribution in [2.45, 2.75) is 18.4 Å². The third-order valence-corrected chi connectivity index (χ3v) is 3.44. The van der Waals surface area contributed by atoms with Crippen LogP contribution in [0.15, 0.2) is 48.5 Å². The van der Waals surface area contributed by atoms with Crippen LogP contribution in [0, 0.1) is 5.82 Å². The number of hydrogen-bond donors (Lipinski definition) is 1. The smallest absolute Gasteiger partial charge is 0.422 e. The normalized spacial score (nSPS) is 12.9. The fourth-order valence-corrected chi connectivity index (χ4v) is 2.20. The molecule has 1 amide bonds. The maximum atomic E-state index is 13.2. The molecule has 0 radical (unpaired) electrons. The molecule has 0 spiro atoms. The van der Waals surface area contributed by atoms with Crippen molar-refractivity contribution in [2.24, 2.45) is 0 Å². The lowest BCUT2D eigenvalue weighted by molar-refractivity contribution is -0.164. The molecule has 0 aliphatic heterocycles. The van der Waals surface area contributed by atoms with Crippen molar-refractivity contribution >= 4 is 5.91 Å². The number of benzene rings is 2. The summed E-state index contributed by atoms with van der Waals surface area (Å²) in [6.45, 7) is -2.53. The molecule has 0 aliphatic carbocycles. The molecule has 0 aromatic heterocycles. The molecular weight excluding hydrogens is 411 g/mol. The van der Waals surface area contributed by atoms with Crippen LogP contribution in [0.4, 0.5) is 30.7 Å². The van der Waals surface area contributed by atoms with Crippen molar-refractivity contribution in [3.8, 4) is 11.5 Å². The number of carbonyl (C=O) groups excluding carboxylic acids is 1. The Bertz CT molecular complexity index is 819. The van der Waals surface area contributed by atoms with E-state index < -0.39 is 48.9 Å². The Hall–Kier alpha value is -2.98. The number of halogens is 7. The van der Waals surface area contributed by atoms with Gasteiger partial charge in [0.1, 0.15) is 5.82 Å². The minimum absolute atomic E-state index is 0.253. The van der Waals surface area contributed by atoms with E-state index >= 15 is 0 Å². The van der Waals surface area contributed by atoms with Gasteiger partial charge in [0, 0.05) is 0 Å². The highest BCUT2D eigenvalue weighted by Crippen LogP contribution is 2.33. The second kappa shape index (κ2) is 9.01. The van der Waals surface area contributed by atoms with Crippen LogP contribution in [0.5, 0.6) is 11.5 Å². The van der Waals surface area contributed by atoms with E-state index in [0.29, 0.717) is 0 Å². The molecule has 0 heterocycles. The van der Waals surface area contributed by atoms with Crippen molar-refractivity contribution in [3.63, 3.8) is 0 Å². The third kappa shape index (κ3) is 7.16. The van der Waals surface area contributed by atoms with Gasteiger partial charge in [0.2, 0.25) is 0 Å². The molecule has 2 aromatic rings. The Balaban J connectivity index is 2.04. The molecule has 29 heavy (non-hydrogen) atoms. The summed E-state index contributed by atoms with van der Waals surface area (Å²) >= 11 is 0. The molecule has 158 valence electrons. The zero-order valence-corrected chi connectivity index (χ0v) is 14.5. The van der Waals surface area contributed by atoms with Crippen LogP contribution >= 0.6 is 0 Å². The summed E-state index contributed by atoms with van der Waals surface area (Å²) in [7, 11) is 0. The van der Waals surface area contributed by atoms with Crippen LogP contribution in [0.25, 0.3) is 0 Å². The van der Waals surface area contributed by atoms with E-state index in [1.807, 2.05) is 0 Å². The highest BCUT2D eigenvalue weighted by molar-refractivity contribution is 5.78. The van der Waals surface area contributed by atoms with E-state index in [2.05, 4.69) is 4.74 Å². The minimum atomic E-state index is -4.87. The predicted molar refractivity (Wildman–Crippen MR) is 86.8 cm³/mol. The van der Waals surface area contributed by atoms with Gasteiger partial charge in [0.05, 0.1) is 0 Å². The maximum Gasteiger partial charge on any atom is 0.422 e. The minimum Gasteiger partial charge on any atom is -0.480 e. The van der Waals surface area contributed by atoms with Crippen molar-refractivity contribution in [2.75, 3.05) is 13.2 Å². The predicted octanol–water partition coefficient (Wildman–Crippen LogP) is 4.57. The summed E-state index contributed by atoms with van der Waals surface area (Å²) in [4.78, 5) is 11.9. The second-order valence-corrected chi connectivity index (χ2v) is 5.73. The zero-order chi connectivity index (χ0) is 21.7. The zero-order valence-electron chi connectivity index (χ0n) is 14.5. The standard InChI is InChI=1S/C18H14F7NO3/c19-12-7-5-11(6-8-12)16(18(23,24)25)26-15(27)9-28-13-3-1-2-4-14(13)29-10-17(20,21)22/h1-8,16H,9-10H2,(H,26,27). The lowest BCUT2D eigenvalue weighted by Crippen LogP contribution is -2.40. The summed E-state index contributed by atoms with van der Waals surface area (Å²) in [6, 6.07) is 6.02. The first-order valence-corrected chi connectivity index (χ1v) is 7.98. The van der Waals surface area contributed by atoms with Crippen LogP contribution < -0.4 is 14.8 Å². The van der Waals surface area contributed by atoms with E-state index in [0.717, 1.165) is 30.3 Å². The SMILES string of the molecule is O=C(COc1ccccc1OCC(F)(F)F)NC(c1ccc(F)cc1)C(F)(F)F. The van der Waals surface area contributed by atoms with E-state index in [4.69, 9.17) is 4.74 Å². The molecular formula is C18H14F7NO3. The van der Waals surface area contributed by atoms with E-state index in [9.17, 15) is 35.5 Å². The van der Waals surface area contributed by atoms with Crippen LogP contribution in [0.1, 0.15) is 11.6 Å². The number of ether oxygens (including phenoxy) is 2. The van der Waals surface area contributed by atoms with Crippen molar-refractivity contribution in [1.82, 2.24) is 5.32 Å². The van der Waals surface area contributed by atoms with Gasteiger partial charge < -0.3 is 14.8 Å². The van der Waals surface area contributed by atoms with Crippen LogP contribution in [0.3, 0.4) is 0 Å². The number of rotatable bonds is 7. The molecule has 0 saturated heterocycles. The monoisotopic (exact) mass is 425 g/mol. The number of alkyl halides is 6.